The number of rotatable bonds is 3. The number of nitrogens with zero attached hydrogens (tertiary/aromatic N) is 1. The van der Waals surface area contributed by atoms with Gasteiger partial charge in [-0.2, -0.15) is 0 Å². The summed E-state index contributed by atoms with van der Waals surface area (Å²) in [5.41, 5.74) is 4.20. The summed E-state index contributed by atoms with van der Waals surface area (Å²) in [6, 6.07) is 15.7. The quantitative estimate of drug-likeness (QED) is 0.699. The van der Waals surface area contributed by atoms with E-state index < -0.39 is 0 Å². The van der Waals surface area contributed by atoms with Gasteiger partial charge in [-0.05, 0) is 30.7 Å². The van der Waals surface area contributed by atoms with Gasteiger partial charge in [-0.3, -0.25) is 0 Å². The number of imidazole rings is 1. The van der Waals surface area contributed by atoms with Crippen LogP contribution in [0.1, 0.15) is 17.1 Å². The van der Waals surface area contributed by atoms with Gasteiger partial charge in [-0.1, -0.05) is 53.5 Å². The number of aromatic amines is 1. The molecule has 0 saturated carbocycles. The van der Waals surface area contributed by atoms with Crippen molar-refractivity contribution in [3.8, 4) is 11.3 Å². The maximum Gasteiger partial charge on any atom is 0.111 e. The van der Waals surface area contributed by atoms with E-state index in [0.717, 1.165) is 28.3 Å². The van der Waals surface area contributed by atoms with Crippen molar-refractivity contribution in [3.63, 3.8) is 0 Å². The molecule has 0 saturated heterocycles. The molecular weight excluding hydrogens is 303 g/mol. The molecule has 106 valence electrons. The fourth-order valence-corrected chi connectivity index (χ4v) is 2.96. The van der Waals surface area contributed by atoms with Gasteiger partial charge in [-0.15, -0.1) is 0 Å². The van der Waals surface area contributed by atoms with Gasteiger partial charge < -0.3 is 4.98 Å². The van der Waals surface area contributed by atoms with E-state index in [0.29, 0.717) is 16.5 Å². The lowest BCUT2D eigenvalue weighted by Crippen LogP contribution is -1.91. The SMILES string of the molecule is Cc1[nH]c(Cc2cc(Cl)cc(Cl)c2)nc1-c1ccccc1. The van der Waals surface area contributed by atoms with E-state index in [4.69, 9.17) is 28.2 Å². The first-order valence-corrected chi connectivity index (χ1v) is 7.43. The highest BCUT2D eigenvalue weighted by atomic mass is 35.5. The van der Waals surface area contributed by atoms with Gasteiger partial charge >= 0.3 is 0 Å². The van der Waals surface area contributed by atoms with Crippen molar-refractivity contribution >= 4 is 23.2 Å². The van der Waals surface area contributed by atoms with Crippen LogP contribution in [0.2, 0.25) is 10.0 Å². The highest BCUT2D eigenvalue weighted by molar-refractivity contribution is 6.34. The van der Waals surface area contributed by atoms with Crippen molar-refractivity contribution in [3.05, 3.63) is 75.7 Å². The Labute approximate surface area is 133 Å². The molecule has 0 fully saturated rings. The minimum Gasteiger partial charge on any atom is -0.345 e. The Hall–Kier alpha value is -1.77. The van der Waals surface area contributed by atoms with Crippen molar-refractivity contribution in [1.82, 2.24) is 9.97 Å². The predicted molar refractivity (Wildman–Crippen MR) is 88.0 cm³/mol. The molecule has 4 heteroatoms. The van der Waals surface area contributed by atoms with Gasteiger partial charge in [0.25, 0.3) is 0 Å². The molecule has 1 heterocycles. The predicted octanol–water partition coefficient (Wildman–Crippen LogP) is 5.28. The van der Waals surface area contributed by atoms with E-state index in [-0.39, 0.29) is 0 Å². The van der Waals surface area contributed by atoms with Gasteiger partial charge in [0.1, 0.15) is 5.82 Å². The Morgan fingerprint density at radius 3 is 2.33 bits per heavy atom. The Morgan fingerprint density at radius 2 is 1.67 bits per heavy atom. The zero-order chi connectivity index (χ0) is 14.8. The van der Waals surface area contributed by atoms with Crippen LogP contribution in [-0.2, 0) is 6.42 Å². The third-order valence-electron chi connectivity index (χ3n) is 3.27. The molecule has 3 aromatic rings. The molecule has 1 N–H and O–H groups in total. The van der Waals surface area contributed by atoms with Gasteiger partial charge in [-0.25, -0.2) is 4.98 Å². The molecular formula is C17H14Cl2N2. The molecule has 0 amide bonds. The summed E-state index contributed by atoms with van der Waals surface area (Å²) in [5.74, 6) is 0.907. The Bertz CT molecular complexity index is 743. The fourth-order valence-electron chi connectivity index (χ4n) is 2.39. The molecule has 1 aromatic heterocycles. The highest BCUT2D eigenvalue weighted by Crippen LogP contribution is 2.24. The molecule has 0 spiro atoms. The number of nitrogens with one attached hydrogen (secondary N) is 1. The second kappa shape index (κ2) is 5.92. The van der Waals surface area contributed by atoms with E-state index in [9.17, 15) is 0 Å². The van der Waals surface area contributed by atoms with Gasteiger partial charge in [0.15, 0.2) is 0 Å². The van der Waals surface area contributed by atoms with Crippen LogP contribution in [0.25, 0.3) is 11.3 Å². The van der Waals surface area contributed by atoms with Crippen LogP contribution in [0.15, 0.2) is 48.5 Å². The first kappa shape index (κ1) is 14.2. The summed E-state index contributed by atoms with van der Waals surface area (Å²) in [6.45, 7) is 2.03. The summed E-state index contributed by atoms with van der Waals surface area (Å²) in [7, 11) is 0. The average Bonchev–Trinajstić information content (AvgIpc) is 2.79. The second-order valence-corrected chi connectivity index (χ2v) is 5.85. The highest BCUT2D eigenvalue weighted by Gasteiger charge is 2.09. The lowest BCUT2D eigenvalue weighted by molar-refractivity contribution is 1.02. The standard InChI is InChI=1S/C17H14Cl2N2/c1-11-17(13-5-3-2-4-6-13)21-16(20-11)9-12-7-14(18)10-15(19)8-12/h2-8,10H,9H2,1H3,(H,20,21). The molecule has 2 nitrogen and oxygen atoms in total. The number of hydrogen-bond donors (Lipinski definition) is 1. The zero-order valence-corrected chi connectivity index (χ0v) is 13.0. The number of benzene rings is 2. The average molecular weight is 317 g/mol. The van der Waals surface area contributed by atoms with E-state index in [1.165, 1.54) is 0 Å². The van der Waals surface area contributed by atoms with Crippen LogP contribution < -0.4 is 0 Å². The summed E-state index contributed by atoms with van der Waals surface area (Å²) < 4.78 is 0. The minimum atomic E-state index is 0.643. The van der Waals surface area contributed by atoms with E-state index >= 15 is 0 Å². The topological polar surface area (TPSA) is 28.7 Å². The number of halogens is 2. The normalized spacial score (nSPS) is 10.8. The molecule has 0 aliphatic carbocycles. The Balaban J connectivity index is 1.91. The monoisotopic (exact) mass is 316 g/mol. The minimum absolute atomic E-state index is 0.643. The third kappa shape index (κ3) is 3.29. The van der Waals surface area contributed by atoms with Gasteiger partial charge in [0.2, 0.25) is 0 Å². The molecule has 0 unspecified atom stereocenters. The van der Waals surface area contributed by atoms with Crippen LogP contribution >= 0.6 is 23.2 Å². The summed E-state index contributed by atoms with van der Waals surface area (Å²) >= 11 is 12.1. The van der Waals surface area contributed by atoms with E-state index in [1.54, 1.807) is 6.07 Å². The molecule has 0 aliphatic heterocycles. The maximum atomic E-state index is 6.03. The Kier molecular flexibility index (Phi) is 4.00. The Morgan fingerprint density at radius 1 is 1.00 bits per heavy atom. The zero-order valence-electron chi connectivity index (χ0n) is 11.5. The lowest BCUT2D eigenvalue weighted by atomic mass is 10.1. The molecule has 3 rings (SSSR count). The number of hydrogen-bond acceptors (Lipinski definition) is 1. The van der Waals surface area contributed by atoms with Crippen LogP contribution in [-0.4, -0.2) is 9.97 Å². The fraction of sp³-hybridized carbons (Fsp3) is 0.118. The largest absolute Gasteiger partial charge is 0.345 e. The summed E-state index contributed by atoms with van der Waals surface area (Å²) in [6.07, 6.45) is 0.675. The van der Waals surface area contributed by atoms with Gasteiger partial charge in [0, 0.05) is 27.7 Å². The molecule has 0 radical (unpaired) electrons. The van der Waals surface area contributed by atoms with E-state index in [1.807, 2.05) is 37.3 Å². The third-order valence-corrected chi connectivity index (χ3v) is 3.71. The first-order valence-electron chi connectivity index (χ1n) is 6.68. The van der Waals surface area contributed by atoms with Crippen LogP contribution in [0.3, 0.4) is 0 Å². The number of H-pyrrole nitrogens is 1. The summed E-state index contributed by atoms with van der Waals surface area (Å²) in [5, 5.41) is 1.29. The molecule has 0 aliphatic rings. The first-order chi connectivity index (χ1) is 10.1. The van der Waals surface area contributed by atoms with Crippen molar-refractivity contribution in [2.75, 3.05) is 0 Å². The van der Waals surface area contributed by atoms with Crippen molar-refractivity contribution in [2.24, 2.45) is 0 Å². The van der Waals surface area contributed by atoms with Crippen molar-refractivity contribution in [1.29, 1.82) is 0 Å². The van der Waals surface area contributed by atoms with Gasteiger partial charge in [0.05, 0.1) is 5.69 Å². The van der Waals surface area contributed by atoms with Crippen LogP contribution in [0, 0.1) is 6.92 Å². The molecule has 21 heavy (non-hydrogen) atoms. The van der Waals surface area contributed by atoms with Crippen molar-refractivity contribution < 1.29 is 0 Å². The van der Waals surface area contributed by atoms with Crippen molar-refractivity contribution in [2.45, 2.75) is 13.3 Å². The summed E-state index contributed by atoms with van der Waals surface area (Å²) in [4.78, 5) is 8.03. The van der Waals surface area contributed by atoms with E-state index in [2.05, 4.69) is 17.1 Å². The lowest BCUT2D eigenvalue weighted by Gasteiger charge is -2.01. The number of aromatic nitrogens is 2. The molecule has 0 bridgehead atoms. The second-order valence-electron chi connectivity index (χ2n) is 4.98. The number of aryl methyl sites for hydroxylation is 1. The molecule has 2 aromatic carbocycles. The smallest absolute Gasteiger partial charge is 0.111 e. The maximum absolute atomic E-state index is 6.03. The van der Waals surface area contributed by atoms with Crippen LogP contribution in [0.5, 0.6) is 0 Å². The molecule has 0 atom stereocenters. The van der Waals surface area contributed by atoms with Crippen LogP contribution in [0.4, 0.5) is 0 Å².